The van der Waals surface area contributed by atoms with Crippen molar-refractivity contribution in [3.8, 4) is 11.5 Å². The fourth-order valence-electron chi connectivity index (χ4n) is 2.73. The van der Waals surface area contributed by atoms with Crippen LogP contribution in [0.4, 0.5) is 0 Å². The first-order valence-corrected chi connectivity index (χ1v) is 10.6. The molecule has 2 aromatic rings. The normalized spacial score (nSPS) is 15.3. The van der Waals surface area contributed by atoms with Crippen molar-refractivity contribution in [2.45, 2.75) is 25.7 Å². The Hall–Kier alpha value is -1.55. The van der Waals surface area contributed by atoms with Crippen molar-refractivity contribution in [2.24, 2.45) is 0 Å². The van der Waals surface area contributed by atoms with Crippen molar-refractivity contribution in [3.05, 3.63) is 89.3 Å². The van der Waals surface area contributed by atoms with E-state index in [1.54, 1.807) is 62.8 Å². The molecule has 1 N–H and O–H groups in total. The Morgan fingerprint density at radius 3 is 1.62 bits per heavy atom. The van der Waals surface area contributed by atoms with Crippen LogP contribution in [0.3, 0.4) is 0 Å². The standard InChI is InChI=1S/C17H16O4.C8H10Cl2.Rh/c1-20-14-7-3-12(4-8-14)16(18)11-17(19)13-5-9-15(21-2)10-6-13;9-7-3-1-2-4-8(10)6-5-7;/h3-11,18H,1-2H3;3-4H,1-2,5-6H2;/b16-11-;;. The van der Waals surface area contributed by atoms with Crippen LogP contribution in [0.1, 0.15) is 41.6 Å². The topological polar surface area (TPSA) is 55.8 Å². The monoisotopic (exact) mass is 563 g/mol. The third kappa shape index (κ3) is 9.94. The SMILES string of the molecule is COc1ccc(C(=O)/C=C(\O)c2ccc(OC)cc2)cc1.Cl[C]1[CH]CC[CH][C](Cl)CC1.[Rh]. The van der Waals surface area contributed by atoms with Gasteiger partial charge in [0.1, 0.15) is 17.3 Å². The number of ketones is 1. The third-order valence-electron chi connectivity index (χ3n) is 4.53. The third-order valence-corrected chi connectivity index (χ3v) is 5.22. The summed E-state index contributed by atoms with van der Waals surface area (Å²) >= 11 is 11.7. The van der Waals surface area contributed by atoms with Crippen LogP contribution in [-0.4, -0.2) is 25.1 Å². The van der Waals surface area contributed by atoms with Crippen LogP contribution in [0, 0.1) is 23.6 Å². The van der Waals surface area contributed by atoms with Gasteiger partial charge < -0.3 is 14.6 Å². The number of carbonyl (C=O) groups excluding carboxylic acids is 1. The van der Waals surface area contributed by atoms with Crippen molar-refractivity contribution in [2.75, 3.05) is 14.2 Å². The van der Waals surface area contributed by atoms with E-state index in [1.165, 1.54) is 6.08 Å². The van der Waals surface area contributed by atoms with E-state index in [2.05, 4.69) is 12.8 Å². The predicted molar refractivity (Wildman–Crippen MR) is 126 cm³/mol. The second kappa shape index (κ2) is 15.3. The molecule has 0 spiro atoms. The largest absolute Gasteiger partial charge is 0.507 e. The Kier molecular flexibility index (Phi) is 13.6. The van der Waals surface area contributed by atoms with Crippen LogP contribution < -0.4 is 9.47 Å². The van der Waals surface area contributed by atoms with Gasteiger partial charge in [-0.3, -0.25) is 4.79 Å². The van der Waals surface area contributed by atoms with Crippen LogP contribution >= 0.6 is 23.2 Å². The maximum Gasteiger partial charge on any atom is 0.189 e. The maximum atomic E-state index is 12.0. The van der Waals surface area contributed by atoms with Gasteiger partial charge >= 0.3 is 0 Å². The van der Waals surface area contributed by atoms with Crippen molar-refractivity contribution < 1.29 is 38.9 Å². The summed E-state index contributed by atoms with van der Waals surface area (Å²) < 4.78 is 10.1. The number of carbonyl (C=O) groups is 1. The number of benzene rings is 2. The molecule has 173 valence electrons. The molecule has 7 heteroatoms. The summed E-state index contributed by atoms with van der Waals surface area (Å²) in [7, 11) is 3.13. The second-order valence-electron chi connectivity index (χ2n) is 6.73. The Morgan fingerprint density at radius 2 is 1.22 bits per heavy atom. The number of halogens is 2. The number of hydrogen-bond donors (Lipinski definition) is 1. The minimum atomic E-state index is -0.272. The van der Waals surface area contributed by atoms with Gasteiger partial charge in [-0.2, -0.15) is 0 Å². The molecular weight excluding hydrogens is 538 g/mol. The average molecular weight is 564 g/mol. The molecule has 0 amide bonds. The molecular formula is C25H26Cl2O4Rh. The molecule has 1 aliphatic rings. The van der Waals surface area contributed by atoms with Crippen LogP contribution in [0.5, 0.6) is 11.5 Å². The number of allylic oxidation sites excluding steroid dienone is 1. The molecule has 5 radical (unpaired) electrons. The molecule has 32 heavy (non-hydrogen) atoms. The van der Waals surface area contributed by atoms with Gasteiger partial charge in [0.25, 0.3) is 0 Å². The second-order valence-corrected chi connectivity index (χ2v) is 7.70. The van der Waals surface area contributed by atoms with E-state index >= 15 is 0 Å². The van der Waals surface area contributed by atoms with Gasteiger partial charge in [-0.15, -0.1) is 23.2 Å². The minimum Gasteiger partial charge on any atom is -0.507 e. The zero-order valence-electron chi connectivity index (χ0n) is 17.9. The van der Waals surface area contributed by atoms with E-state index in [0.717, 1.165) is 36.4 Å². The van der Waals surface area contributed by atoms with E-state index in [0.29, 0.717) is 22.6 Å². The Labute approximate surface area is 213 Å². The maximum absolute atomic E-state index is 12.0. The van der Waals surface area contributed by atoms with Crippen LogP contribution in [0.2, 0.25) is 0 Å². The van der Waals surface area contributed by atoms with Gasteiger partial charge in [0.05, 0.1) is 25.0 Å². The quantitative estimate of drug-likeness (QED) is 0.184. The van der Waals surface area contributed by atoms with E-state index in [4.69, 9.17) is 32.7 Å². The Bertz CT molecular complexity index is 826. The zero-order valence-corrected chi connectivity index (χ0v) is 21.1. The molecule has 0 unspecified atom stereocenters. The molecule has 0 heterocycles. The van der Waals surface area contributed by atoms with Crippen molar-refractivity contribution in [3.63, 3.8) is 0 Å². The van der Waals surface area contributed by atoms with Crippen LogP contribution in [0.25, 0.3) is 5.76 Å². The molecule has 0 aliphatic heterocycles. The molecule has 2 aromatic carbocycles. The summed E-state index contributed by atoms with van der Waals surface area (Å²) in [6.07, 6.45) is 9.18. The Morgan fingerprint density at radius 1 is 0.812 bits per heavy atom. The molecule has 3 rings (SSSR count). The number of aliphatic hydroxyl groups is 1. The Balaban J connectivity index is 0.000000393. The van der Waals surface area contributed by atoms with E-state index in [9.17, 15) is 9.90 Å². The van der Waals surface area contributed by atoms with Gasteiger partial charge in [-0.05, 0) is 87.1 Å². The summed E-state index contributed by atoms with van der Waals surface area (Å²) in [5.41, 5.74) is 1.04. The molecule has 4 nitrogen and oxygen atoms in total. The molecule has 0 aromatic heterocycles. The number of methoxy groups -OCH3 is 2. The predicted octanol–water partition coefficient (Wildman–Crippen LogP) is 6.99. The molecule has 0 bridgehead atoms. The number of ether oxygens (including phenoxy) is 2. The minimum absolute atomic E-state index is 0. The summed E-state index contributed by atoms with van der Waals surface area (Å²) in [6, 6.07) is 13.5. The van der Waals surface area contributed by atoms with Crippen LogP contribution in [-0.2, 0) is 19.5 Å². The van der Waals surface area contributed by atoms with Crippen molar-refractivity contribution >= 4 is 34.7 Å². The number of rotatable bonds is 5. The van der Waals surface area contributed by atoms with Gasteiger partial charge in [0.15, 0.2) is 5.78 Å². The smallest absolute Gasteiger partial charge is 0.189 e. The van der Waals surface area contributed by atoms with Gasteiger partial charge in [-0.25, -0.2) is 0 Å². The van der Waals surface area contributed by atoms with Crippen LogP contribution in [0.15, 0.2) is 54.6 Å². The van der Waals surface area contributed by atoms with E-state index in [1.807, 2.05) is 0 Å². The van der Waals surface area contributed by atoms with Gasteiger partial charge in [0, 0.05) is 36.7 Å². The zero-order chi connectivity index (χ0) is 22.6. The molecule has 1 fully saturated rings. The first-order valence-electron chi connectivity index (χ1n) is 9.85. The first-order chi connectivity index (χ1) is 14.9. The molecule has 1 saturated carbocycles. The van der Waals surface area contributed by atoms with E-state index < -0.39 is 0 Å². The van der Waals surface area contributed by atoms with Crippen molar-refractivity contribution in [1.29, 1.82) is 0 Å². The fourth-order valence-corrected chi connectivity index (χ4v) is 3.14. The summed E-state index contributed by atoms with van der Waals surface area (Å²) in [5, 5.41) is 11.9. The van der Waals surface area contributed by atoms with Crippen molar-refractivity contribution in [1.82, 2.24) is 0 Å². The van der Waals surface area contributed by atoms with E-state index in [-0.39, 0.29) is 31.0 Å². The van der Waals surface area contributed by atoms with Gasteiger partial charge in [-0.1, -0.05) is 0 Å². The average Bonchev–Trinajstić information content (AvgIpc) is 2.79. The molecule has 0 atom stereocenters. The summed E-state index contributed by atoms with van der Waals surface area (Å²) in [4.78, 5) is 12.0. The number of hydrogen-bond acceptors (Lipinski definition) is 4. The summed E-state index contributed by atoms with van der Waals surface area (Å²) in [5.74, 6) is 1.01. The number of aliphatic hydroxyl groups excluding tert-OH is 1. The van der Waals surface area contributed by atoms with Gasteiger partial charge in [0.2, 0.25) is 0 Å². The summed E-state index contributed by atoms with van der Waals surface area (Å²) in [6.45, 7) is 0. The molecule has 0 saturated heterocycles. The molecule has 1 aliphatic carbocycles. The fraction of sp³-hybridized carbons (Fsp3) is 0.240. The first kappa shape index (κ1) is 28.5.